The first-order chi connectivity index (χ1) is 17.4. The lowest BCUT2D eigenvalue weighted by molar-refractivity contribution is 0.311. The SMILES string of the molecule is COc1cc(C2(N)N=CC=C(Nc3ccc(C)nc3-c3ccccn3)N2)ccc1N1CCN(C)CC1. The Morgan fingerprint density at radius 2 is 1.92 bits per heavy atom. The van der Waals surface area contributed by atoms with Crippen LogP contribution in [-0.2, 0) is 5.79 Å². The van der Waals surface area contributed by atoms with Crippen LogP contribution in [0.2, 0.25) is 0 Å². The summed E-state index contributed by atoms with van der Waals surface area (Å²) in [4.78, 5) is 18.4. The minimum Gasteiger partial charge on any atom is -0.495 e. The van der Waals surface area contributed by atoms with E-state index in [4.69, 9.17) is 15.5 Å². The van der Waals surface area contributed by atoms with Gasteiger partial charge in [-0.2, -0.15) is 0 Å². The van der Waals surface area contributed by atoms with E-state index >= 15 is 0 Å². The molecule has 1 unspecified atom stereocenters. The van der Waals surface area contributed by atoms with E-state index in [2.05, 4.69) is 43.5 Å². The minimum absolute atomic E-state index is 0.706. The van der Waals surface area contributed by atoms with Crippen molar-refractivity contribution in [1.29, 1.82) is 0 Å². The molecule has 186 valence electrons. The van der Waals surface area contributed by atoms with Gasteiger partial charge in [0.05, 0.1) is 24.2 Å². The Morgan fingerprint density at radius 1 is 1.08 bits per heavy atom. The van der Waals surface area contributed by atoms with Crippen molar-refractivity contribution in [2.24, 2.45) is 10.7 Å². The van der Waals surface area contributed by atoms with Gasteiger partial charge >= 0.3 is 0 Å². The number of nitrogens with one attached hydrogen (secondary N) is 2. The van der Waals surface area contributed by atoms with Crippen LogP contribution in [0.1, 0.15) is 11.3 Å². The van der Waals surface area contributed by atoms with E-state index in [1.54, 1.807) is 19.5 Å². The highest BCUT2D eigenvalue weighted by Crippen LogP contribution is 2.34. The van der Waals surface area contributed by atoms with Gasteiger partial charge in [0.15, 0.2) is 0 Å². The number of nitrogens with zero attached hydrogens (tertiary/aromatic N) is 5. The van der Waals surface area contributed by atoms with Crippen LogP contribution in [-0.4, -0.2) is 61.4 Å². The third-order valence-corrected chi connectivity index (χ3v) is 6.52. The van der Waals surface area contributed by atoms with Crippen LogP contribution < -0.4 is 26.0 Å². The molecule has 0 spiro atoms. The van der Waals surface area contributed by atoms with Gasteiger partial charge in [-0.15, -0.1) is 0 Å². The number of anilines is 2. The standard InChI is InChI=1S/C27H32N8O/c1-19-7-9-22(26(31-19)21-6-4-5-12-29-21)32-25-11-13-30-27(28,33-25)20-8-10-23(24(18-20)36-3)35-16-14-34(2)15-17-35/h4-13,18,32-33H,14-17,28H2,1-3H3. The Morgan fingerprint density at radius 3 is 2.67 bits per heavy atom. The molecule has 9 nitrogen and oxygen atoms in total. The molecule has 0 bridgehead atoms. The maximum absolute atomic E-state index is 6.77. The fourth-order valence-corrected chi connectivity index (χ4v) is 4.45. The predicted molar refractivity (Wildman–Crippen MR) is 144 cm³/mol. The van der Waals surface area contributed by atoms with Crippen molar-refractivity contribution in [3.63, 3.8) is 0 Å². The van der Waals surface area contributed by atoms with Gasteiger partial charge in [-0.25, -0.2) is 9.98 Å². The second-order valence-electron chi connectivity index (χ2n) is 9.12. The van der Waals surface area contributed by atoms with Gasteiger partial charge in [-0.1, -0.05) is 12.1 Å². The predicted octanol–water partition coefficient (Wildman–Crippen LogP) is 2.91. The molecule has 3 aromatic rings. The summed E-state index contributed by atoms with van der Waals surface area (Å²) in [7, 11) is 3.84. The summed E-state index contributed by atoms with van der Waals surface area (Å²) in [5.41, 5.74) is 11.9. The summed E-state index contributed by atoms with van der Waals surface area (Å²) in [6, 6.07) is 15.8. The van der Waals surface area contributed by atoms with Crippen molar-refractivity contribution in [3.8, 4) is 17.1 Å². The molecule has 0 saturated carbocycles. The maximum Gasteiger partial charge on any atom is 0.210 e. The number of hydrogen-bond acceptors (Lipinski definition) is 9. The quantitative estimate of drug-likeness (QED) is 0.491. The zero-order valence-electron chi connectivity index (χ0n) is 20.9. The number of ether oxygens (including phenoxy) is 1. The lowest BCUT2D eigenvalue weighted by Crippen LogP contribution is -2.51. The summed E-state index contributed by atoms with van der Waals surface area (Å²) in [6.07, 6.45) is 5.32. The third-order valence-electron chi connectivity index (χ3n) is 6.52. The Labute approximate surface area is 211 Å². The van der Waals surface area contributed by atoms with E-state index in [-0.39, 0.29) is 0 Å². The number of aliphatic imine (C=N–C) groups is 1. The van der Waals surface area contributed by atoms with Gasteiger partial charge in [-0.05, 0) is 56.4 Å². The first-order valence-corrected chi connectivity index (χ1v) is 12.1. The number of likely N-dealkylation sites (N-methyl/N-ethyl adjacent to an activating group) is 1. The zero-order valence-corrected chi connectivity index (χ0v) is 20.9. The highest BCUT2D eigenvalue weighted by molar-refractivity contribution is 5.78. The molecule has 1 fully saturated rings. The molecule has 9 heteroatoms. The fraction of sp³-hybridized carbons (Fsp3) is 0.296. The van der Waals surface area contributed by atoms with E-state index in [0.29, 0.717) is 5.82 Å². The molecular formula is C27H32N8O. The molecule has 2 aromatic heterocycles. The molecule has 1 saturated heterocycles. The van der Waals surface area contributed by atoms with Crippen molar-refractivity contribution >= 4 is 17.6 Å². The Kier molecular flexibility index (Phi) is 6.58. The van der Waals surface area contributed by atoms with E-state index in [1.165, 1.54) is 0 Å². The monoisotopic (exact) mass is 484 g/mol. The number of benzene rings is 1. The Hall–Kier alpha value is -3.95. The Balaban J connectivity index is 1.38. The molecule has 0 radical (unpaired) electrons. The van der Waals surface area contributed by atoms with Crippen LogP contribution >= 0.6 is 0 Å². The average Bonchev–Trinajstić information content (AvgIpc) is 2.90. The number of nitrogens with two attached hydrogens (primary N) is 1. The highest BCUT2D eigenvalue weighted by Gasteiger charge is 2.30. The fourth-order valence-electron chi connectivity index (χ4n) is 4.45. The molecule has 1 aromatic carbocycles. The molecule has 4 heterocycles. The van der Waals surface area contributed by atoms with Crippen LogP contribution in [0.3, 0.4) is 0 Å². The molecule has 2 aliphatic heterocycles. The topological polar surface area (TPSA) is 104 Å². The maximum atomic E-state index is 6.77. The number of methoxy groups -OCH3 is 1. The second-order valence-corrected chi connectivity index (χ2v) is 9.12. The van der Waals surface area contributed by atoms with Gasteiger partial charge < -0.3 is 25.2 Å². The van der Waals surface area contributed by atoms with E-state index < -0.39 is 5.79 Å². The lowest BCUT2D eigenvalue weighted by Gasteiger charge is -2.36. The molecule has 0 aliphatic carbocycles. The minimum atomic E-state index is -1.16. The van der Waals surface area contributed by atoms with E-state index in [1.807, 2.05) is 55.5 Å². The van der Waals surface area contributed by atoms with Gasteiger partial charge in [0, 0.05) is 49.8 Å². The molecule has 2 aliphatic rings. The average molecular weight is 485 g/mol. The molecule has 0 amide bonds. The van der Waals surface area contributed by atoms with Crippen LogP contribution in [0.25, 0.3) is 11.4 Å². The first-order valence-electron chi connectivity index (χ1n) is 12.1. The Bertz CT molecular complexity index is 1280. The van der Waals surface area contributed by atoms with Crippen molar-refractivity contribution in [2.75, 3.05) is 50.6 Å². The van der Waals surface area contributed by atoms with Crippen LogP contribution in [0, 0.1) is 6.92 Å². The zero-order chi connectivity index (χ0) is 25.1. The molecule has 36 heavy (non-hydrogen) atoms. The van der Waals surface area contributed by atoms with Crippen molar-refractivity contribution < 1.29 is 4.74 Å². The number of piperazine rings is 1. The van der Waals surface area contributed by atoms with Gasteiger partial charge in [0.25, 0.3) is 0 Å². The summed E-state index contributed by atoms with van der Waals surface area (Å²) in [6.45, 7) is 5.91. The van der Waals surface area contributed by atoms with Crippen LogP contribution in [0.4, 0.5) is 11.4 Å². The summed E-state index contributed by atoms with van der Waals surface area (Å²) in [5, 5.41) is 6.78. The highest BCUT2D eigenvalue weighted by atomic mass is 16.5. The summed E-state index contributed by atoms with van der Waals surface area (Å²) in [5.74, 6) is 0.328. The molecular weight excluding hydrogens is 452 g/mol. The normalized spacial score (nSPS) is 20.0. The van der Waals surface area contributed by atoms with Crippen molar-refractivity contribution in [3.05, 3.63) is 77.9 Å². The second kappa shape index (κ2) is 9.96. The number of hydrogen-bond donors (Lipinski definition) is 3. The van der Waals surface area contributed by atoms with E-state index in [9.17, 15) is 0 Å². The number of allylic oxidation sites excluding steroid dienone is 1. The summed E-state index contributed by atoms with van der Waals surface area (Å²) < 4.78 is 5.76. The van der Waals surface area contributed by atoms with Crippen LogP contribution in [0.15, 0.2) is 71.6 Å². The number of aromatic nitrogens is 2. The number of pyridine rings is 2. The van der Waals surface area contributed by atoms with E-state index in [0.717, 1.165) is 65.9 Å². The molecule has 1 atom stereocenters. The van der Waals surface area contributed by atoms with Crippen molar-refractivity contribution in [1.82, 2.24) is 20.2 Å². The number of rotatable bonds is 6. The third kappa shape index (κ3) is 4.89. The van der Waals surface area contributed by atoms with Gasteiger partial charge in [-0.3, -0.25) is 10.7 Å². The molecule has 5 rings (SSSR count). The molecule has 4 N–H and O–H groups in total. The largest absolute Gasteiger partial charge is 0.495 e. The van der Waals surface area contributed by atoms with Gasteiger partial charge in [0.1, 0.15) is 17.3 Å². The van der Waals surface area contributed by atoms with Crippen LogP contribution in [0.5, 0.6) is 5.75 Å². The van der Waals surface area contributed by atoms with Crippen molar-refractivity contribution in [2.45, 2.75) is 12.7 Å². The first kappa shape index (κ1) is 23.8. The lowest BCUT2D eigenvalue weighted by atomic mass is 10.1. The smallest absolute Gasteiger partial charge is 0.210 e. The number of aryl methyl sites for hydroxylation is 1. The van der Waals surface area contributed by atoms with Gasteiger partial charge in [0.2, 0.25) is 5.79 Å². The summed E-state index contributed by atoms with van der Waals surface area (Å²) >= 11 is 0.